The van der Waals surface area contributed by atoms with Crippen LogP contribution in [0.3, 0.4) is 0 Å². The molecule has 0 saturated carbocycles. The lowest BCUT2D eigenvalue weighted by Gasteiger charge is -2.16. The SMILES string of the molecule is CC(C)[C@H](NC(=O)/C=C/c1ccc(N)cc1)C(=O)O. The highest BCUT2D eigenvalue weighted by molar-refractivity contribution is 5.94. The minimum absolute atomic E-state index is 0.175. The number of amides is 1. The fourth-order valence-corrected chi connectivity index (χ4v) is 1.49. The van der Waals surface area contributed by atoms with Crippen LogP contribution in [0.15, 0.2) is 30.3 Å². The zero-order valence-electron chi connectivity index (χ0n) is 11.0. The van der Waals surface area contributed by atoms with Crippen molar-refractivity contribution in [1.29, 1.82) is 0 Å². The van der Waals surface area contributed by atoms with Crippen molar-refractivity contribution in [3.8, 4) is 0 Å². The Morgan fingerprint density at radius 3 is 2.32 bits per heavy atom. The van der Waals surface area contributed by atoms with Gasteiger partial charge in [0.05, 0.1) is 0 Å². The Kier molecular flexibility index (Phi) is 5.11. The molecule has 4 N–H and O–H groups in total. The number of benzene rings is 1. The summed E-state index contributed by atoms with van der Waals surface area (Å²) in [6, 6.07) is 6.12. The molecule has 5 nitrogen and oxygen atoms in total. The van der Waals surface area contributed by atoms with E-state index in [4.69, 9.17) is 10.8 Å². The number of carbonyl (C=O) groups excluding carboxylic acids is 1. The van der Waals surface area contributed by atoms with Crippen molar-refractivity contribution in [2.45, 2.75) is 19.9 Å². The van der Waals surface area contributed by atoms with Gasteiger partial charge in [-0.25, -0.2) is 4.79 Å². The average molecular weight is 262 g/mol. The average Bonchev–Trinajstić information content (AvgIpc) is 2.34. The maximum absolute atomic E-state index is 11.6. The number of aliphatic carboxylic acids is 1. The third-order valence-corrected chi connectivity index (χ3v) is 2.59. The van der Waals surface area contributed by atoms with Gasteiger partial charge in [0.2, 0.25) is 5.91 Å². The zero-order chi connectivity index (χ0) is 14.4. The molecule has 0 aliphatic heterocycles. The second-order valence-corrected chi connectivity index (χ2v) is 4.57. The Labute approximate surface area is 112 Å². The van der Waals surface area contributed by atoms with Gasteiger partial charge in [-0.2, -0.15) is 0 Å². The molecule has 1 aromatic rings. The van der Waals surface area contributed by atoms with E-state index >= 15 is 0 Å². The lowest BCUT2D eigenvalue weighted by Crippen LogP contribution is -2.43. The number of nitrogen functional groups attached to an aromatic ring is 1. The molecule has 1 atom stereocenters. The van der Waals surface area contributed by atoms with Crippen molar-refractivity contribution in [1.82, 2.24) is 5.32 Å². The number of hydrogen-bond donors (Lipinski definition) is 3. The summed E-state index contributed by atoms with van der Waals surface area (Å²) in [5, 5.41) is 11.4. The van der Waals surface area contributed by atoms with E-state index in [-0.39, 0.29) is 5.92 Å². The Bertz CT molecular complexity index is 478. The van der Waals surface area contributed by atoms with Gasteiger partial charge in [0.25, 0.3) is 0 Å². The molecule has 5 heteroatoms. The van der Waals surface area contributed by atoms with Gasteiger partial charge in [0, 0.05) is 11.8 Å². The van der Waals surface area contributed by atoms with E-state index in [0.717, 1.165) is 5.56 Å². The van der Waals surface area contributed by atoms with Crippen LogP contribution in [0.5, 0.6) is 0 Å². The van der Waals surface area contributed by atoms with E-state index in [2.05, 4.69) is 5.32 Å². The Balaban J connectivity index is 2.64. The molecule has 19 heavy (non-hydrogen) atoms. The minimum Gasteiger partial charge on any atom is -0.480 e. The fourth-order valence-electron chi connectivity index (χ4n) is 1.49. The molecule has 0 aliphatic carbocycles. The van der Waals surface area contributed by atoms with E-state index in [0.29, 0.717) is 5.69 Å². The summed E-state index contributed by atoms with van der Waals surface area (Å²) < 4.78 is 0. The standard InChI is InChI=1S/C14H18N2O3/c1-9(2)13(14(18)19)16-12(17)8-5-10-3-6-11(15)7-4-10/h3-9,13H,15H2,1-2H3,(H,16,17)(H,18,19)/b8-5+/t13-/m0/s1. The lowest BCUT2D eigenvalue weighted by atomic mass is 10.0. The van der Waals surface area contributed by atoms with Crippen LogP contribution in [0, 0.1) is 5.92 Å². The quantitative estimate of drug-likeness (QED) is 0.554. The molecule has 0 unspecified atom stereocenters. The third-order valence-electron chi connectivity index (χ3n) is 2.59. The maximum atomic E-state index is 11.6. The molecule has 1 rings (SSSR count). The van der Waals surface area contributed by atoms with Crippen molar-refractivity contribution in [3.63, 3.8) is 0 Å². The first-order valence-electron chi connectivity index (χ1n) is 5.97. The molecule has 1 amide bonds. The van der Waals surface area contributed by atoms with Gasteiger partial charge in [-0.3, -0.25) is 4.79 Å². The summed E-state index contributed by atoms with van der Waals surface area (Å²) in [5.74, 6) is -1.64. The number of nitrogens with two attached hydrogens (primary N) is 1. The molecule has 102 valence electrons. The first kappa shape index (κ1) is 14.8. The van der Waals surface area contributed by atoms with Gasteiger partial charge in [-0.15, -0.1) is 0 Å². The van der Waals surface area contributed by atoms with E-state index in [1.54, 1.807) is 44.2 Å². The van der Waals surface area contributed by atoms with Gasteiger partial charge in [-0.05, 0) is 29.7 Å². The summed E-state index contributed by atoms with van der Waals surface area (Å²) in [7, 11) is 0. The minimum atomic E-state index is -1.04. The summed E-state index contributed by atoms with van der Waals surface area (Å²) in [6.07, 6.45) is 2.91. The van der Waals surface area contributed by atoms with Crippen molar-refractivity contribution < 1.29 is 14.7 Å². The monoisotopic (exact) mass is 262 g/mol. The number of carbonyl (C=O) groups is 2. The van der Waals surface area contributed by atoms with Crippen molar-refractivity contribution in [2.75, 3.05) is 5.73 Å². The van der Waals surface area contributed by atoms with Gasteiger partial charge in [0.15, 0.2) is 0 Å². The molecule has 0 aliphatic rings. The van der Waals surface area contributed by atoms with Crippen molar-refractivity contribution in [2.24, 2.45) is 5.92 Å². The van der Waals surface area contributed by atoms with E-state index < -0.39 is 17.9 Å². The smallest absolute Gasteiger partial charge is 0.326 e. The summed E-state index contributed by atoms with van der Waals surface area (Å²) in [4.78, 5) is 22.6. The summed E-state index contributed by atoms with van der Waals surface area (Å²) in [6.45, 7) is 3.48. The van der Waals surface area contributed by atoms with Gasteiger partial charge in [-0.1, -0.05) is 26.0 Å². The van der Waals surface area contributed by atoms with Gasteiger partial charge in [0.1, 0.15) is 6.04 Å². The highest BCUT2D eigenvalue weighted by atomic mass is 16.4. The van der Waals surface area contributed by atoms with Gasteiger partial charge < -0.3 is 16.2 Å². The van der Waals surface area contributed by atoms with E-state index in [1.165, 1.54) is 6.08 Å². The van der Waals surface area contributed by atoms with Crippen LogP contribution in [0.1, 0.15) is 19.4 Å². The van der Waals surface area contributed by atoms with Crippen LogP contribution < -0.4 is 11.1 Å². The summed E-state index contributed by atoms with van der Waals surface area (Å²) in [5.41, 5.74) is 7.01. The number of nitrogens with one attached hydrogen (secondary N) is 1. The second kappa shape index (κ2) is 6.58. The largest absolute Gasteiger partial charge is 0.480 e. The molecule has 0 spiro atoms. The Morgan fingerprint density at radius 1 is 1.26 bits per heavy atom. The molecular formula is C14H18N2O3. The predicted octanol–water partition coefficient (Wildman–Crippen LogP) is 1.51. The van der Waals surface area contributed by atoms with E-state index in [1.807, 2.05) is 0 Å². The normalized spacial score (nSPS) is 12.6. The van der Waals surface area contributed by atoms with E-state index in [9.17, 15) is 9.59 Å². The molecule has 0 aromatic heterocycles. The lowest BCUT2D eigenvalue weighted by molar-refractivity contribution is -0.142. The highest BCUT2D eigenvalue weighted by Crippen LogP contribution is 2.07. The highest BCUT2D eigenvalue weighted by Gasteiger charge is 2.22. The molecular weight excluding hydrogens is 244 g/mol. The Morgan fingerprint density at radius 2 is 1.84 bits per heavy atom. The number of hydrogen-bond acceptors (Lipinski definition) is 3. The summed E-state index contributed by atoms with van der Waals surface area (Å²) >= 11 is 0. The number of carboxylic acids is 1. The molecule has 0 heterocycles. The van der Waals surface area contributed by atoms with Crippen LogP contribution in [0.4, 0.5) is 5.69 Å². The first-order chi connectivity index (χ1) is 8.90. The van der Waals surface area contributed by atoms with Crippen LogP contribution in [0.2, 0.25) is 0 Å². The fraction of sp³-hybridized carbons (Fsp3) is 0.286. The number of rotatable bonds is 5. The maximum Gasteiger partial charge on any atom is 0.326 e. The van der Waals surface area contributed by atoms with Crippen LogP contribution in [-0.2, 0) is 9.59 Å². The van der Waals surface area contributed by atoms with Crippen molar-refractivity contribution >= 4 is 23.6 Å². The molecule has 0 fully saturated rings. The van der Waals surface area contributed by atoms with Crippen LogP contribution in [-0.4, -0.2) is 23.0 Å². The van der Waals surface area contributed by atoms with Crippen molar-refractivity contribution in [3.05, 3.63) is 35.9 Å². The van der Waals surface area contributed by atoms with Crippen LogP contribution in [0.25, 0.3) is 6.08 Å². The van der Waals surface area contributed by atoms with Gasteiger partial charge >= 0.3 is 5.97 Å². The molecule has 0 radical (unpaired) electrons. The number of anilines is 1. The first-order valence-corrected chi connectivity index (χ1v) is 5.97. The predicted molar refractivity (Wildman–Crippen MR) is 74.3 cm³/mol. The Hall–Kier alpha value is -2.30. The molecule has 0 saturated heterocycles. The molecule has 0 bridgehead atoms. The topological polar surface area (TPSA) is 92.4 Å². The third kappa shape index (κ3) is 4.83. The molecule has 1 aromatic carbocycles. The second-order valence-electron chi connectivity index (χ2n) is 4.57. The zero-order valence-corrected chi connectivity index (χ0v) is 11.0. The number of carboxylic acid groups (broad SMARTS) is 1. The van der Waals surface area contributed by atoms with Crippen LogP contribution >= 0.6 is 0 Å².